The minimum atomic E-state index is 0.273. The number of hydrogen-bond donors (Lipinski definition) is 1. The zero-order valence-corrected chi connectivity index (χ0v) is 8.82. The molecule has 1 atom stereocenters. The van der Waals surface area contributed by atoms with E-state index in [4.69, 9.17) is 14.9 Å². The van der Waals surface area contributed by atoms with Crippen molar-refractivity contribution in [1.29, 1.82) is 0 Å². The van der Waals surface area contributed by atoms with Crippen LogP contribution in [0.1, 0.15) is 30.8 Å². The molecule has 0 amide bonds. The van der Waals surface area contributed by atoms with Gasteiger partial charge in [-0.25, -0.2) is 4.98 Å². The van der Waals surface area contributed by atoms with Gasteiger partial charge in [0.05, 0.1) is 5.69 Å². The first-order chi connectivity index (χ1) is 6.77. The molecule has 0 fully saturated rings. The molecule has 1 aromatic rings. The fourth-order valence-electron chi connectivity index (χ4n) is 1.15. The third-order valence-corrected chi connectivity index (χ3v) is 2.17. The molecule has 0 aromatic carbocycles. The van der Waals surface area contributed by atoms with Crippen molar-refractivity contribution in [1.82, 2.24) is 4.98 Å². The molecule has 1 aromatic heterocycles. The number of nitrogens with zero attached hydrogens (tertiary/aromatic N) is 1. The highest BCUT2D eigenvalue weighted by Crippen LogP contribution is 2.13. The average Bonchev–Trinajstić information content (AvgIpc) is 2.66. The van der Waals surface area contributed by atoms with Crippen molar-refractivity contribution in [2.45, 2.75) is 25.7 Å². The van der Waals surface area contributed by atoms with Gasteiger partial charge in [-0.3, -0.25) is 0 Å². The molecule has 2 N–H and O–H groups in total. The molecule has 0 aliphatic carbocycles. The van der Waals surface area contributed by atoms with E-state index in [1.807, 2.05) is 6.92 Å². The molecule has 80 valence electrons. The van der Waals surface area contributed by atoms with Crippen LogP contribution in [0.15, 0.2) is 10.7 Å². The van der Waals surface area contributed by atoms with Crippen molar-refractivity contribution in [3.8, 4) is 0 Å². The Morgan fingerprint density at radius 3 is 3.07 bits per heavy atom. The number of rotatable bonds is 6. The van der Waals surface area contributed by atoms with Crippen LogP contribution in [0.2, 0.25) is 0 Å². The number of ether oxygens (including phenoxy) is 1. The van der Waals surface area contributed by atoms with Gasteiger partial charge in [-0.2, -0.15) is 0 Å². The quantitative estimate of drug-likeness (QED) is 0.700. The summed E-state index contributed by atoms with van der Waals surface area (Å²) in [6, 6.07) is 0. The maximum atomic E-state index is 5.53. The van der Waals surface area contributed by atoms with Gasteiger partial charge in [-0.05, 0) is 6.42 Å². The second-order valence-corrected chi connectivity index (χ2v) is 3.40. The summed E-state index contributed by atoms with van der Waals surface area (Å²) in [5.41, 5.74) is 6.48. The van der Waals surface area contributed by atoms with Gasteiger partial charge in [-0.15, -0.1) is 0 Å². The van der Waals surface area contributed by atoms with Crippen molar-refractivity contribution < 1.29 is 9.15 Å². The third kappa shape index (κ3) is 3.12. The summed E-state index contributed by atoms with van der Waals surface area (Å²) in [4.78, 5) is 4.35. The smallest absolute Gasteiger partial charge is 0.194 e. The Bertz CT molecular complexity index is 260. The van der Waals surface area contributed by atoms with Gasteiger partial charge in [-0.1, -0.05) is 6.92 Å². The number of methoxy groups -OCH3 is 1. The van der Waals surface area contributed by atoms with Crippen LogP contribution in [0.5, 0.6) is 0 Å². The lowest BCUT2D eigenvalue weighted by molar-refractivity contribution is 0.193. The molecule has 4 heteroatoms. The predicted molar refractivity (Wildman–Crippen MR) is 54.2 cm³/mol. The summed E-state index contributed by atoms with van der Waals surface area (Å²) in [5, 5.41) is 0. The van der Waals surface area contributed by atoms with Crippen LogP contribution in [-0.4, -0.2) is 25.2 Å². The van der Waals surface area contributed by atoms with Crippen molar-refractivity contribution in [2.75, 3.05) is 20.3 Å². The van der Waals surface area contributed by atoms with E-state index in [0.29, 0.717) is 6.54 Å². The monoisotopic (exact) mass is 198 g/mol. The van der Waals surface area contributed by atoms with Crippen molar-refractivity contribution in [3.05, 3.63) is 17.8 Å². The Balaban J connectivity index is 2.42. The van der Waals surface area contributed by atoms with Crippen molar-refractivity contribution >= 4 is 0 Å². The number of oxazole rings is 1. The Morgan fingerprint density at radius 2 is 2.43 bits per heavy atom. The van der Waals surface area contributed by atoms with E-state index in [-0.39, 0.29) is 5.92 Å². The Labute approximate surface area is 84.5 Å². The first kappa shape index (κ1) is 11.2. The minimum Gasteiger partial charge on any atom is -0.449 e. The lowest BCUT2D eigenvalue weighted by Gasteiger charge is -2.00. The molecule has 0 spiro atoms. The molecule has 0 bridgehead atoms. The summed E-state index contributed by atoms with van der Waals surface area (Å²) in [7, 11) is 1.69. The first-order valence-corrected chi connectivity index (χ1v) is 4.91. The van der Waals surface area contributed by atoms with Gasteiger partial charge in [0, 0.05) is 32.6 Å². The second-order valence-electron chi connectivity index (χ2n) is 3.40. The first-order valence-electron chi connectivity index (χ1n) is 4.91. The molecule has 1 heterocycles. The average molecular weight is 198 g/mol. The van der Waals surface area contributed by atoms with Crippen LogP contribution in [0.25, 0.3) is 0 Å². The van der Waals surface area contributed by atoms with Gasteiger partial charge < -0.3 is 14.9 Å². The third-order valence-electron chi connectivity index (χ3n) is 2.17. The summed E-state index contributed by atoms with van der Waals surface area (Å²) >= 11 is 0. The molecular formula is C10H18N2O2. The Morgan fingerprint density at radius 1 is 1.64 bits per heavy atom. The molecule has 0 aliphatic rings. The highest BCUT2D eigenvalue weighted by Gasteiger charge is 2.09. The molecule has 1 rings (SSSR count). The van der Waals surface area contributed by atoms with E-state index in [1.54, 1.807) is 13.4 Å². The molecule has 14 heavy (non-hydrogen) atoms. The van der Waals surface area contributed by atoms with E-state index in [1.165, 1.54) is 0 Å². The van der Waals surface area contributed by atoms with Crippen molar-refractivity contribution in [3.63, 3.8) is 0 Å². The van der Waals surface area contributed by atoms with E-state index in [9.17, 15) is 0 Å². The summed E-state index contributed by atoms with van der Waals surface area (Å²) in [5.74, 6) is 1.05. The SMILES string of the molecule is COCCCc1nc(C(C)CN)co1. The largest absolute Gasteiger partial charge is 0.449 e. The van der Waals surface area contributed by atoms with Crippen LogP contribution < -0.4 is 5.73 Å². The topological polar surface area (TPSA) is 61.3 Å². The number of hydrogen-bond acceptors (Lipinski definition) is 4. The lowest BCUT2D eigenvalue weighted by Crippen LogP contribution is -2.09. The second kappa shape index (κ2) is 5.78. The molecule has 0 aliphatic heterocycles. The fourth-order valence-corrected chi connectivity index (χ4v) is 1.15. The number of aryl methyl sites for hydroxylation is 1. The van der Waals surface area contributed by atoms with Gasteiger partial charge in [0.15, 0.2) is 5.89 Å². The normalized spacial score (nSPS) is 13.1. The highest BCUT2D eigenvalue weighted by molar-refractivity contribution is 5.03. The lowest BCUT2D eigenvalue weighted by atomic mass is 10.1. The van der Waals surface area contributed by atoms with Crippen LogP contribution in [0, 0.1) is 0 Å². The van der Waals surface area contributed by atoms with Gasteiger partial charge >= 0.3 is 0 Å². The minimum absolute atomic E-state index is 0.273. The molecule has 4 nitrogen and oxygen atoms in total. The van der Waals surface area contributed by atoms with Crippen LogP contribution in [0.3, 0.4) is 0 Å². The molecule has 1 unspecified atom stereocenters. The zero-order chi connectivity index (χ0) is 10.4. The molecule has 0 saturated carbocycles. The van der Waals surface area contributed by atoms with Crippen molar-refractivity contribution in [2.24, 2.45) is 5.73 Å². The van der Waals surface area contributed by atoms with Crippen LogP contribution in [-0.2, 0) is 11.2 Å². The molecule has 0 radical (unpaired) electrons. The van der Waals surface area contributed by atoms with Crippen LogP contribution in [0.4, 0.5) is 0 Å². The number of aromatic nitrogens is 1. The zero-order valence-electron chi connectivity index (χ0n) is 8.82. The standard InChI is InChI=1S/C10H18N2O2/c1-8(6-11)9-7-14-10(12-9)4-3-5-13-2/h7-8H,3-6,11H2,1-2H3. The molecule has 0 saturated heterocycles. The Hall–Kier alpha value is -0.870. The van der Waals surface area contributed by atoms with Gasteiger partial charge in [0.1, 0.15) is 6.26 Å². The van der Waals surface area contributed by atoms with E-state index >= 15 is 0 Å². The maximum Gasteiger partial charge on any atom is 0.194 e. The fraction of sp³-hybridized carbons (Fsp3) is 0.700. The maximum absolute atomic E-state index is 5.53. The van der Waals surface area contributed by atoms with E-state index in [2.05, 4.69) is 4.98 Å². The van der Waals surface area contributed by atoms with E-state index < -0.39 is 0 Å². The Kier molecular flexibility index (Phi) is 4.62. The summed E-state index contributed by atoms with van der Waals surface area (Å²) < 4.78 is 10.3. The molecular weight excluding hydrogens is 180 g/mol. The highest BCUT2D eigenvalue weighted by atomic mass is 16.5. The van der Waals surface area contributed by atoms with E-state index in [0.717, 1.165) is 31.0 Å². The van der Waals surface area contributed by atoms with Gasteiger partial charge in [0.25, 0.3) is 0 Å². The summed E-state index contributed by atoms with van der Waals surface area (Å²) in [6.45, 7) is 3.38. The summed E-state index contributed by atoms with van der Waals surface area (Å²) in [6.07, 6.45) is 3.46. The predicted octanol–water partition coefficient (Wildman–Crippen LogP) is 1.32. The van der Waals surface area contributed by atoms with Crippen LogP contribution >= 0.6 is 0 Å². The number of nitrogens with two attached hydrogens (primary N) is 1. The van der Waals surface area contributed by atoms with Gasteiger partial charge in [0.2, 0.25) is 0 Å².